The van der Waals surface area contributed by atoms with Gasteiger partial charge in [0.1, 0.15) is 7.85 Å². The number of nitrogens with one attached hydrogen (secondary N) is 1. The molecule has 0 saturated heterocycles. The van der Waals surface area contributed by atoms with Gasteiger partial charge < -0.3 is 11.1 Å². The van der Waals surface area contributed by atoms with Crippen molar-refractivity contribution in [1.82, 2.24) is 0 Å². The maximum absolute atomic E-state index is 6.09. The Kier molecular flexibility index (Phi) is 4.91. The molecule has 0 heterocycles. The number of anilines is 2. The summed E-state index contributed by atoms with van der Waals surface area (Å²) in [4.78, 5) is 0.851. The average Bonchev–Trinajstić information content (AvgIpc) is 2.41. The molecule has 108 valence electrons. The fraction of sp³-hybridized carbons (Fsp3) is 0.125. The van der Waals surface area contributed by atoms with Crippen molar-refractivity contribution in [1.29, 1.82) is 0 Å². The largest absolute Gasteiger partial charge is 0.398 e. The molecule has 2 aromatic carbocycles. The van der Waals surface area contributed by atoms with Crippen molar-refractivity contribution in [2.75, 3.05) is 11.1 Å². The third-order valence-electron chi connectivity index (χ3n) is 3.29. The first-order valence-corrected chi connectivity index (χ1v) is 7.50. The molecule has 0 saturated carbocycles. The molecule has 2 aromatic rings. The minimum absolute atomic E-state index is 0.647. The first kappa shape index (κ1) is 15.9. The van der Waals surface area contributed by atoms with E-state index in [4.69, 9.17) is 17.3 Å². The summed E-state index contributed by atoms with van der Waals surface area (Å²) in [5.74, 6) is 0. The predicted molar refractivity (Wildman–Crippen MR) is 100 cm³/mol. The van der Waals surface area contributed by atoms with E-state index < -0.39 is 0 Å². The van der Waals surface area contributed by atoms with Gasteiger partial charge in [-0.3, -0.25) is 0 Å². The van der Waals surface area contributed by atoms with Crippen LogP contribution in [0.3, 0.4) is 0 Å². The molecule has 0 atom stereocenters. The van der Waals surface area contributed by atoms with E-state index in [-0.39, 0.29) is 0 Å². The molecule has 0 spiro atoms. The number of hydrogen-bond acceptors (Lipinski definition) is 3. The lowest BCUT2D eigenvalue weighted by molar-refractivity contribution is 1.43. The SMILES string of the molecule is Bc1ccc(N/C(=C(/C)S)c2cc(Cl)ccc2N)c(C)c1. The van der Waals surface area contributed by atoms with Crippen LogP contribution < -0.4 is 16.5 Å². The van der Waals surface area contributed by atoms with Gasteiger partial charge in [-0.25, -0.2) is 0 Å². The lowest BCUT2D eigenvalue weighted by Crippen LogP contribution is -2.08. The van der Waals surface area contributed by atoms with Gasteiger partial charge in [0.05, 0.1) is 5.70 Å². The Hall–Kier alpha value is -1.52. The van der Waals surface area contributed by atoms with Gasteiger partial charge in [-0.05, 0) is 43.7 Å². The van der Waals surface area contributed by atoms with Crippen LogP contribution in [0.2, 0.25) is 5.02 Å². The monoisotopic (exact) mass is 316 g/mol. The Morgan fingerprint density at radius 1 is 1.24 bits per heavy atom. The van der Waals surface area contributed by atoms with E-state index in [1.165, 1.54) is 11.0 Å². The van der Waals surface area contributed by atoms with Crippen LogP contribution in [0.15, 0.2) is 41.3 Å². The van der Waals surface area contributed by atoms with Crippen LogP contribution in [-0.2, 0) is 0 Å². The van der Waals surface area contributed by atoms with Gasteiger partial charge >= 0.3 is 0 Å². The van der Waals surface area contributed by atoms with Crippen molar-refractivity contribution in [2.45, 2.75) is 13.8 Å². The molecule has 3 N–H and O–H groups in total. The molecular weight excluding hydrogens is 299 g/mol. The third-order valence-corrected chi connectivity index (χ3v) is 3.75. The number of allylic oxidation sites excluding steroid dienone is 1. The Balaban J connectivity index is 2.46. The van der Waals surface area contributed by atoms with Crippen molar-refractivity contribution in [3.05, 3.63) is 57.5 Å². The van der Waals surface area contributed by atoms with Gasteiger partial charge in [-0.1, -0.05) is 29.2 Å². The first-order chi connectivity index (χ1) is 9.88. The normalized spacial score (nSPS) is 12.0. The lowest BCUT2D eigenvalue weighted by atomic mass is 9.94. The zero-order valence-corrected chi connectivity index (χ0v) is 14.0. The van der Waals surface area contributed by atoms with E-state index in [1.54, 1.807) is 12.1 Å². The van der Waals surface area contributed by atoms with Crippen molar-refractivity contribution in [2.24, 2.45) is 0 Å². The average molecular weight is 317 g/mol. The van der Waals surface area contributed by atoms with Gasteiger partial charge in [0.2, 0.25) is 0 Å². The summed E-state index contributed by atoms with van der Waals surface area (Å²) in [6.07, 6.45) is 0. The van der Waals surface area contributed by atoms with E-state index in [1.807, 2.05) is 13.0 Å². The molecule has 5 heteroatoms. The predicted octanol–water partition coefficient (Wildman–Crippen LogP) is 3.22. The number of thiol groups is 1. The van der Waals surface area contributed by atoms with Crippen molar-refractivity contribution in [3.63, 3.8) is 0 Å². The standard InChI is InChI=1S/C16H18BClN2S/c1-9-7-11(17)3-6-15(9)20-16(10(2)21)13-8-12(18)4-5-14(13)19/h3-8,20-21H,17,19H2,1-2H3/b16-10-. The highest BCUT2D eigenvalue weighted by Crippen LogP contribution is 2.30. The highest BCUT2D eigenvalue weighted by molar-refractivity contribution is 7.84. The highest BCUT2D eigenvalue weighted by Gasteiger charge is 2.10. The van der Waals surface area contributed by atoms with Crippen molar-refractivity contribution in [3.8, 4) is 0 Å². The summed E-state index contributed by atoms with van der Waals surface area (Å²) in [5.41, 5.74) is 11.9. The van der Waals surface area contributed by atoms with Gasteiger partial charge in [0.25, 0.3) is 0 Å². The second-order valence-corrected chi connectivity index (χ2v) is 6.24. The molecule has 0 radical (unpaired) electrons. The van der Waals surface area contributed by atoms with Crippen LogP contribution in [0.25, 0.3) is 5.70 Å². The fourth-order valence-corrected chi connectivity index (χ4v) is 2.53. The van der Waals surface area contributed by atoms with Gasteiger partial charge in [-0.15, -0.1) is 12.6 Å². The Labute approximate surface area is 137 Å². The molecule has 0 fully saturated rings. The molecule has 0 amide bonds. The number of rotatable bonds is 3. The molecule has 2 nitrogen and oxygen atoms in total. The molecule has 0 aliphatic rings. The summed E-state index contributed by atoms with van der Waals surface area (Å²) in [5, 5.41) is 4.07. The summed E-state index contributed by atoms with van der Waals surface area (Å²) in [6, 6.07) is 11.7. The molecule has 0 aliphatic heterocycles. The molecule has 0 aromatic heterocycles. The van der Waals surface area contributed by atoms with E-state index >= 15 is 0 Å². The van der Waals surface area contributed by atoms with Crippen LogP contribution >= 0.6 is 24.2 Å². The maximum atomic E-state index is 6.09. The molecule has 0 unspecified atom stereocenters. The Morgan fingerprint density at radius 3 is 2.57 bits per heavy atom. The summed E-state index contributed by atoms with van der Waals surface area (Å²) in [7, 11) is 2.08. The maximum Gasteiger partial charge on any atom is 0.139 e. The van der Waals surface area contributed by atoms with Crippen LogP contribution in [0.4, 0.5) is 11.4 Å². The zero-order valence-electron chi connectivity index (χ0n) is 12.4. The quantitative estimate of drug-likeness (QED) is 0.462. The molecule has 0 aliphatic carbocycles. The Bertz CT molecular complexity index is 709. The van der Waals surface area contributed by atoms with E-state index in [0.29, 0.717) is 10.7 Å². The number of aryl methyl sites for hydroxylation is 1. The van der Waals surface area contributed by atoms with Crippen molar-refractivity contribution < 1.29 is 0 Å². The number of halogens is 1. The smallest absolute Gasteiger partial charge is 0.139 e. The summed E-state index contributed by atoms with van der Waals surface area (Å²) in [6.45, 7) is 4.00. The van der Waals surface area contributed by atoms with E-state index in [9.17, 15) is 0 Å². The number of hydrogen-bond donors (Lipinski definition) is 3. The second kappa shape index (κ2) is 6.50. The molecule has 0 bridgehead atoms. The van der Waals surface area contributed by atoms with E-state index in [2.05, 4.69) is 50.9 Å². The minimum atomic E-state index is 0.647. The van der Waals surface area contributed by atoms with Gasteiger partial charge in [-0.2, -0.15) is 0 Å². The van der Waals surface area contributed by atoms with Crippen LogP contribution in [0.1, 0.15) is 18.1 Å². The van der Waals surface area contributed by atoms with Crippen molar-refractivity contribution >= 4 is 54.6 Å². The fourth-order valence-electron chi connectivity index (χ4n) is 2.19. The molecule has 2 rings (SSSR count). The summed E-state index contributed by atoms with van der Waals surface area (Å²) < 4.78 is 0. The molecular formula is C16H18BClN2S. The highest BCUT2D eigenvalue weighted by atomic mass is 35.5. The van der Waals surface area contributed by atoms with Crippen LogP contribution in [0, 0.1) is 6.92 Å². The number of nitrogens with two attached hydrogens (primary N) is 1. The van der Waals surface area contributed by atoms with Crippen LogP contribution in [0.5, 0.6) is 0 Å². The summed E-state index contributed by atoms with van der Waals surface area (Å²) >= 11 is 10.6. The lowest BCUT2D eigenvalue weighted by Gasteiger charge is -2.17. The van der Waals surface area contributed by atoms with E-state index in [0.717, 1.165) is 21.9 Å². The second-order valence-electron chi connectivity index (χ2n) is 5.14. The Morgan fingerprint density at radius 2 is 1.95 bits per heavy atom. The first-order valence-electron chi connectivity index (χ1n) is 6.68. The third kappa shape index (κ3) is 3.77. The van der Waals surface area contributed by atoms with Gasteiger partial charge in [0.15, 0.2) is 0 Å². The van der Waals surface area contributed by atoms with Crippen LogP contribution in [-0.4, -0.2) is 7.85 Å². The number of benzene rings is 2. The van der Waals surface area contributed by atoms with Gasteiger partial charge in [0, 0.05) is 26.9 Å². The topological polar surface area (TPSA) is 38.0 Å². The molecule has 21 heavy (non-hydrogen) atoms. The zero-order chi connectivity index (χ0) is 15.6. The number of nitrogen functional groups attached to an aromatic ring is 1. The minimum Gasteiger partial charge on any atom is -0.398 e.